The highest BCUT2D eigenvalue weighted by Gasteiger charge is 2.24. The molecule has 2 N–H and O–H groups in total. The number of hydrogen-bond donors (Lipinski definition) is 2. The number of rotatable bonds is 7. The van der Waals surface area contributed by atoms with Gasteiger partial charge in [-0.1, -0.05) is 37.3 Å². The normalized spacial score (nSPS) is 24.2. The monoisotopic (exact) mass is 290 g/mol. The molecule has 1 aliphatic rings. The molecule has 0 heterocycles. The van der Waals surface area contributed by atoms with Crippen molar-refractivity contribution in [3.05, 3.63) is 35.9 Å². The van der Waals surface area contributed by atoms with Crippen LogP contribution >= 0.6 is 0 Å². The molecule has 0 bridgehead atoms. The zero-order valence-corrected chi connectivity index (χ0v) is 13.5. The first-order valence-electron chi connectivity index (χ1n) is 8.37. The van der Waals surface area contributed by atoms with Crippen LogP contribution in [0.4, 0.5) is 0 Å². The maximum atomic E-state index is 10.3. The van der Waals surface area contributed by atoms with Gasteiger partial charge < -0.3 is 15.3 Å². The molecule has 0 saturated heterocycles. The Balaban J connectivity index is 1.75. The summed E-state index contributed by atoms with van der Waals surface area (Å²) in [6.45, 7) is 4.08. The van der Waals surface area contributed by atoms with Crippen LogP contribution in [0, 0.1) is 0 Å². The van der Waals surface area contributed by atoms with Crippen LogP contribution in [0.5, 0.6) is 0 Å². The van der Waals surface area contributed by atoms with E-state index in [1.165, 1.54) is 32.1 Å². The SMILES string of the molecule is CCCNC1CCC(N(C)CC(O)c2ccccc2)CC1. The Hall–Kier alpha value is -0.900. The van der Waals surface area contributed by atoms with Gasteiger partial charge in [0.2, 0.25) is 0 Å². The lowest BCUT2D eigenvalue weighted by Gasteiger charge is -2.36. The van der Waals surface area contributed by atoms with E-state index in [4.69, 9.17) is 0 Å². The summed E-state index contributed by atoms with van der Waals surface area (Å²) in [6.07, 6.45) is 5.82. The quantitative estimate of drug-likeness (QED) is 0.810. The van der Waals surface area contributed by atoms with E-state index in [0.717, 1.165) is 18.7 Å². The van der Waals surface area contributed by atoms with Crippen LogP contribution in [0.1, 0.15) is 50.7 Å². The molecule has 2 rings (SSSR count). The van der Waals surface area contributed by atoms with Crippen molar-refractivity contribution in [3.8, 4) is 0 Å². The third-order valence-corrected chi connectivity index (χ3v) is 4.65. The van der Waals surface area contributed by atoms with Gasteiger partial charge in [0.25, 0.3) is 0 Å². The van der Waals surface area contributed by atoms with Gasteiger partial charge in [0.15, 0.2) is 0 Å². The molecule has 0 aromatic heterocycles. The molecular formula is C18H30N2O. The first-order chi connectivity index (χ1) is 10.2. The van der Waals surface area contributed by atoms with Gasteiger partial charge in [-0.05, 0) is 51.3 Å². The highest BCUT2D eigenvalue weighted by molar-refractivity contribution is 5.17. The zero-order valence-electron chi connectivity index (χ0n) is 13.5. The van der Waals surface area contributed by atoms with Crippen LogP contribution in [0.2, 0.25) is 0 Å². The van der Waals surface area contributed by atoms with E-state index in [2.05, 4.69) is 24.2 Å². The predicted molar refractivity (Wildman–Crippen MR) is 88.4 cm³/mol. The molecule has 3 heteroatoms. The molecule has 1 unspecified atom stereocenters. The second kappa shape index (κ2) is 8.52. The summed E-state index contributed by atoms with van der Waals surface area (Å²) in [5.41, 5.74) is 1.02. The van der Waals surface area contributed by atoms with E-state index in [9.17, 15) is 5.11 Å². The number of hydrogen-bond acceptors (Lipinski definition) is 3. The summed E-state index contributed by atoms with van der Waals surface area (Å²) in [4.78, 5) is 2.34. The van der Waals surface area contributed by atoms with Crippen LogP contribution in [0.3, 0.4) is 0 Å². The topological polar surface area (TPSA) is 35.5 Å². The largest absolute Gasteiger partial charge is 0.387 e. The minimum absolute atomic E-state index is 0.382. The van der Waals surface area contributed by atoms with E-state index < -0.39 is 0 Å². The summed E-state index contributed by atoms with van der Waals surface area (Å²) >= 11 is 0. The number of nitrogens with one attached hydrogen (secondary N) is 1. The highest BCUT2D eigenvalue weighted by atomic mass is 16.3. The second-order valence-corrected chi connectivity index (χ2v) is 6.33. The summed E-state index contributed by atoms with van der Waals surface area (Å²) in [7, 11) is 2.15. The third-order valence-electron chi connectivity index (χ3n) is 4.65. The van der Waals surface area contributed by atoms with Crippen molar-refractivity contribution in [2.75, 3.05) is 20.1 Å². The van der Waals surface area contributed by atoms with Crippen molar-refractivity contribution >= 4 is 0 Å². The molecule has 1 aromatic rings. The lowest BCUT2D eigenvalue weighted by Crippen LogP contribution is -2.42. The van der Waals surface area contributed by atoms with Crippen molar-refractivity contribution in [1.29, 1.82) is 0 Å². The molecular weight excluding hydrogens is 260 g/mol. The highest BCUT2D eigenvalue weighted by Crippen LogP contribution is 2.24. The van der Waals surface area contributed by atoms with Crippen molar-refractivity contribution in [2.24, 2.45) is 0 Å². The average molecular weight is 290 g/mol. The van der Waals surface area contributed by atoms with Gasteiger partial charge in [0, 0.05) is 18.6 Å². The Morgan fingerprint density at radius 2 is 1.86 bits per heavy atom. The van der Waals surface area contributed by atoms with Crippen molar-refractivity contribution < 1.29 is 5.11 Å². The van der Waals surface area contributed by atoms with Crippen molar-refractivity contribution in [3.63, 3.8) is 0 Å². The number of nitrogens with zero attached hydrogens (tertiary/aromatic N) is 1. The molecule has 0 spiro atoms. The summed E-state index contributed by atoms with van der Waals surface area (Å²) < 4.78 is 0. The van der Waals surface area contributed by atoms with Gasteiger partial charge in [0.05, 0.1) is 6.10 Å². The van der Waals surface area contributed by atoms with Gasteiger partial charge in [-0.15, -0.1) is 0 Å². The van der Waals surface area contributed by atoms with E-state index in [1.54, 1.807) is 0 Å². The molecule has 1 aromatic carbocycles. The number of aliphatic hydroxyl groups excluding tert-OH is 1. The molecule has 118 valence electrons. The van der Waals surface area contributed by atoms with Crippen molar-refractivity contribution in [1.82, 2.24) is 10.2 Å². The Morgan fingerprint density at radius 3 is 2.48 bits per heavy atom. The molecule has 1 fully saturated rings. The Kier molecular flexibility index (Phi) is 6.68. The standard InChI is InChI=1S/C18H30N2O/c1-3-13-19-16-9-11-17(12-10-16)20(2)14-18(21)15-7-5-4-6-8-15/h4-8,16-19,21H,3,9-14H2,1-2H3. The fourth-order valence-corrected chi connectivity index (χ4v) is 3.27. The molecule has 0 aliphatic heterocycles. The molecule has 1 aliphatic carbocycles. The van der Waals surface area contributed by atoms with Crippen LogP contribution in [0.25, 0.3) is 0 Å². The smallest absolute Gasteiger partial charge is 0.0916 e. The maximum Gasteiger partial charge on any atom is 0.0916 e. The third kappa shape index (κ3) is 5.10. The lowest BCUT2D eigenvalue weighted by molar-refractivity contribution is 0.0873. The number of benzene rings is 1. The van der Waals surface area contributed by atoms with Gasteiger partial charge in [0.1, 0.15) is 0 Å². The summed E-state index contributed by atoms with van der Waals surface area (Å²) in [5, 5.41) is 14.0. The second-order valence-electron chi connectivity index (χ2n) is 6.33. The van der Waals surface area contributed by atoms with Gasteiger partial charge in [-0.3, -0.25) is 0 Å². The molecule has 0 radical (unpaired) electrons. The van der Waals surface area contributed by atoms with Crippen LogP contribution < -0.4 is 5.32 Å². The Bertz CT molecular complexity index is 387. The Labute approximate surface area is 129 Å². The van der Waals surface area contributed by atoms with Gasteiger partial charge in [-0.2, -0.15) is 0 Å². The number of aliphatic hydroxyl groups is 1. The van der Waals surface area contributed by atoms with Gasteiger partial charge in [-0.25, -0.2) is 0 Å². The predicted octanol–water partition coefficient (Wildman–Crippen LogP) is 2.96. The number of likely N-dealkylation sites (N-methyl/N-ethyl adjacent to an activating group) is 1. The summed E-state index contributed by atoms with van der Waals surface area (Å²) in [6, 6.07) is 11.3. The Morgan fingerprint density at radius 1 is 1.19 bits per heavy atom. The van der Waals surface area contributed by atoms with Crippen molar-refractivity contribution in [2.45, 2.75) is 57.2 Å². The lowest BCUT2D eigenvalue weighted by atomic mass is 9.90. The van der Waals surface area contributed by atoms with E-state index in [0.29, 0.717) is 12.1 Å². The minimum Gasteiger partial charge on any atom is -0.387 e. The van der Waals surface area contributed by atoms with Crippen LogP contribution in [-0.2, 0) is 0 Å². The molecule has 1 atom stereocenters. The molecule has 3 nitrogen and oxygen atoms in total. The first kappa shape index (κ1) is 16.5. The molecule has 1 saturated carbocycles. The van der Waals surface area contributed by atoms with Crippen LogP contribution in [-0.4, -0.2) is 42.2 Å². The van der Waals surface area contributed by atoms with Crippen LogP contribution in [0.15, 0.2) is 30.3 Å². The van der Waals surface area contributed by atoms with E-state index in [1.807, 2.05) is 30.3 Å². The minimum atomic E-state index is -0.382. The first-order valence-corrected chi connectivity index (χ1v) is 8.37. The zero-order chi connectivity index (χ0) is 15.1. The average Bonchev–Trinajstić information content (AvgIpc) is 2.54. The summed E-state index contributed by atoms with van der Waals surface area (Å²) in [5.74, 6) is 0. The van der Waals surface area contributed by atoms with E-state index >= 15 is 0 Å². The fourth-order valence-electron chi connectivity index (χ4n) is 3.27. The molecule has 0 amide bonds. The molecule has 21 heavy (non-hydrogen) atoms. The van der Waals surface area contributed by atoms with Gasteiger partial charge >= 0.3 is 0 Å². The fraction of sp³-hybridized carbons (Fsp3) is 0.667. The maximum absolute atomic E-state index is 10.3. The van der Waals surface area contributed by atoms with E-state index in [-0.39, 0.29) is 6.10 Å².